The second-order valence-corrected chi connectivity index (χ2v) is 12.3. The molecule has 2 aromatic rings. The zero-order chi connectivity index (χ0) is 29.2. The molecular formula is C33H37N5O4. The van der Waals surface area contributed by atoms with Crippen molar-refractivity contribution in [2.24, 2.45) is 11.8 Å². The van der Waals surface area contributed by atoms with Crippen LogP contribution in [-0.4, -0.2) is 54.6 Å². The number of piperidine rings is 1. The maximum absolute atomic E-state index is 13.7. The number of nitrogens with zero attached hydrogens (tertiary/aromatic N) is 3. The van der Waals surface area contributed by atoms with E-state index in [0.29, 0.717) is 56.2 Å². The van der Waals surface area contributed by atoms with Gasteiger partial charge in [-0.2, -0.15) is 0 Å². The number of fused-ring (bicyclic) bond motifs is 4. The average Bonchev–Trinajstić information content (AvgIpc) is 3.45. The Morgan fingerprint density at radius 2 is 1.88 bits per heavy atom. The van der Waals surface area contributed by atoms with Gasteiger partial charge in [0.15, 0.2) is 0 Å². The summed E-state index contributed by atoms with van der Waals surface area (Å²) in [4.78, 5) is 46.8. The number of anilines is 3. The third-order valence-corrected chi connectivity index (χ3v) is 9.53. The number of hydrogen-bond donors (Lipinski definition) is 2. The van der Waals surface area contributed by atoms with Crippen molar-refractivity contribution in [3.63, 3.8) is 0 Å². The molecule has 9 nitrogen and oxygen atoms in total. The van der Waals surface area contributed by atoms with Gasteiger partial charge >= 0.3 is 0 Å². The highest BCUT2D eigenvalue weighted by Gasteiger charge is 2.56. The van der Waals surface area contributed by atoms with E-state index in [9.17, 15) is 14.4 Å². The number of carbonyl (C=O) groups excluding carboxylic acids is 3. The summed E-state index contributed by atoms with van der Waals surface area (Å²) in [5.41, 5.74) is 4.59. The Bertz CT molecular complexity index is 1510. The molecule has 3 saturated heterocycles. The molecule has 5 heterocycles. The van der Waals surface area contributed by atoms with Gasteiger partial charge in [0.2, 0.25) is 5.91 Å². The Hall–Kier alpha value is -4.11. The molecule has 5 aliphatic heterocycles. The monoisotopic (exact) mass is 567 g/mol. The van der Waals surface area contributed by atoms with Crippen molar-refractivity contribution in [1.82, 2.24) is 10.2 Å². The van der Waals surface area contributed by atoms with E-state index in [4.69, 9.17) is 4.74 Å². The van der Waals surface area contributed by atoms with Crippen LogP contribution in [0.4, 0.5) is 17.1 Å². The number of rotatable bonds is 4. The zero-order valence-electron chi connectivity index (χ0n) is 24.2. The van der Waals surface area contributed by atoms with Gasteiger partial charge in [0.05, 0.1) is 24.1 Å². The smallest absolute Gasteiger partial charge is 0.272 e. The lowest BCUT2D eigenvalue weighted by atomic mass is 9.80. The van der Waals surface area contributed by atoms with Crippen molar-refractivity contribution in [2.45, 2.75) is 51.1 Å². The van der Waals surface area contributed by atoms with Crippen LogP contribution in [-0.2, 0) is 14.3 Å². The molecule has 9 heteroatoms. The molecule has 42 heavy (non-hydrogen) atoms. The molecule has 5 aliphatic rings. The first-order valence-electron chi connectivity index (χ1n) is 15.0. The standard InChI is InChI=1S/C33H37N5O4/c1-20(2)15-28-30(39)35-26-16-25-24(17-27(26)38(28)21(3)22-9-13-42-14-10-22)29-18-33(11-12-36(29)31(25)40)32(41)34-19-37(33)23-7-5-4-6-8-23/h4-8,15-17,20,22,29H,3,9-14,18-19H2,1-2H3,(H,34,41)(H,35,39)/b28-15-. The molecule has 3 amide bonds. The third kappa shape index (κ3) is 4.05. The van der Waals surface area contributed by atoms with Crippen LogP contribution in [0.25, 0.3) is 0 Å². The number of allylic oxidation sites excluding steroid dienone is 2. The van der Waals surface area contributed by atoms with Crippen molar-refractivity contribution >= 4 is 34.8 Å². The van der Waals surface area contributed by atoms with E-state index in [1.165, 1.54) is 0 Å². The Morgan fingerprint density at radius 1 is 1.12 bits per heavy atom. The Balaban J connectivity index is 1.32. The summed E-state index contributed by atoms with van der Waals surface area (Å²) in [5, 5.41) is 6.14. The van der Waals surface area contributed by atoms with Gasteiger partial charge in [-0.25, -0.2) is 0 Å². The predicted molar refractivity (Wildman–Crippen MR) is 161 cm³/mol. The summed E-state index contributed by atoms with van der Waals surface area (Å²) in [6.07, 6.45) is 4.70. The fourth-order valence-electron chi connectivity index (χ4n) is 7.41. The summed E-state index contributed by atoms with van der Waals surface area (Å²) < 4.78 is 5.61. The average molecular weight is 568 g/mol. The summed E-state index contributed by atoms with van der Waals surface area (Å²) in [6.45, 7) is 10.9. The maximum atomic E-state index is 13.7. The number of para-hydroxylation sites is 1. The van der Waals surface area contributed by atoms with Crippen LogP contribution in [0.15, 0.2) is 66.5 Å². The van der Waals surface area contributed by atoms with Crippen LogP contribution in [0, 0.1) is 11.8 Å². The molecule has 218 valence electrons. The Labute approximate surface area is 246 Å². The molecular weight excluding hydrogens is 530 g/mol. The summed E-state index contributed by atoms with van der Waals surface area (Å²) in [6, 6.07) is 13.6. The molecule has 2 aromatic carbocycles. The number of carbonyl (C=O) groups is 3. The minimum Gasteiger partial charge on any atom is -0.381 e. The van der Waals surface area contributed by atoms with Gasteiger partial charge in [-0.3, -0.25) is 14.4 Å². The second kappa shape index (κ2) is 10.0. The van der Waals surface area contributed by atoms with Gasteiger partial charge in [-0.1, -0.05) is 44.7 Å². The van der Waals surface area contributed by atoms with Crippen LogP contribution in [0.1, 0.15) is 61.5 Å². The summed E-state index contributed by atoms with van der Waals surface area (Å²) in [7, 11) is 0. The van der Waals surface area contributed by atoms with E-state index < -0.39 is 5.54 Å². The lowest BCUT2D eigenvalue weighted by molar-refractivity contribution is -0.125. The van der Waals surface area contributed by atoms with Crippen molar-refractivity contribution < 1.29 is 19.1 Å². The first kappa shape index (κ1) is 26.8. The predicted octanol–water partition coefficient (Wildman–Crippen LogP) is 4.55. The molecule has 2 N–H and O–H groups in total. The molecule has 2 atom stereocenters. The summed E-state index contributed by atoms with van der Waals surface area (Å²) >= 11 is 0. The van der Waals surface area contributed by atoms with Crippen molar-refractivity contribution in [3.8, 4) is 0 Å². The van der Waals surface area contributed by atoms with Crippen LogP contribution in [0.5, 0.6) is 0 Å². The van der Waals surface area contributed by atoms with Crippen molar-refractivity contribution in [1.29, 1.82) is 0 Å². The molecule has 2 unspecified atom stereocenters. The lowest BCUT2D eigenvalue weighted by Gasteiger charge is -2.45. The number of ether oxygens (including phenoxy) is 1. The molecule has 1 spiro atoms. The Morgan fingerprint density at radius 3 is 2.62 bits per heavy atom. The van der Waals surface area contributed by atoms with Crippen LogP contribution in [0.3, 0.4) is 0 Å². The van der Waals surface area contributed by atoms with Crippen molar-refractivity contribution in [2.75, 3.05) is 41.5 Å². The topological polar surface area (TPSA) is 94.2 Å². The molecule has 0 saturated carbocycles. The minimum absolute atomic E-state index is 0.00815. The fraction of sp³-hybridized carbons (Fsp3) is 0.424. The van der Waals surface area contributed by atoms with Crippen LogP contribution >= 0.6 is 0 Å². The van der Waals surface area contributed by atoms with E-state index >= 15 is 0 Å². The molecule has 3 fully saturated rings. The molecule has 7 rings (SSSR count). The molecule has 0 radical (unpaired) electrons. The third-order valence-electron chi connectivity index (χ3n) is 9.53. The van der Waals surface area contributed by atoms with Gasteiger partial charge in [-0.05, 0) is 55.0 Å². The van der Waals surface area contributed by atoms with Gasteiger partial charge in [-0.15, -0.1) is 0 Å². The van der Waals surface area contributed by atoms with E-state index in [1.807, 2.05) is 52.3 Å². The highest BCUT2D eigenvalue weighted by Crippen LogP contribution is 2.51. The second-order valence-electron chi connectivity index (χ2n) is 12.3. The maximum Gasteiger partial charge on any atom is 0.272 e. The first-order chi connectivity index (χ1) is 20.3. The quantitative estimate of drug-likeness (QED) is 0.527. The fourth-order valence-corrected chi connectivity index (χ4v) is 7.41. The molecule has 0 bridgehead atoms. The minimum atomic E-state index is -0.747. The van der Waals surface area contributed by atoms with Crippen LogP contribution < -0.4 is 20.4 Å². The SMILES string of the molecule is C=C(C1CCOCC1)N1/C(=C\C(C)C)C(=O)Nc2cc3c(cc21)C1CC2(CCN1C3=O)C(=O)NCN2c1ccccc1. The van der Waals surface area contributed by atoms with E-state index in [-0.39, 0.29) is 35.6 Å². The number of nitrogens with one attached hydrogen (secondary N) is 2. The highest BCUT2D eigenvalue weighted by atomic mass is 16.5. The number of hydrogen-bond acceptors (Lipinski definition) is 6. The first-order valence-corrected chi connectivity index (χ1v) is 15.0. The number of amides is 3. The highest BCUT2D eigenvalue weighted by molar-refractivity contribution is 6.14. The molecule has 0 aromatic heterocycles. The summed E-state index contributed by atoms with van der Waals surface area (Å²) in [5.74, 6) is 0.0807. The van der Waals surface area contributed by atoms with E-state index in [2.05, 4.69) is 42.0 Å². The largest absolute Gasteiger partial charge is 0.381 e. The molecule has 0 aliphatic carbocycles. The van der Waals surface area contributed by atoms with E-state index in [0.717, 1.165) is 35.5 Å². The zero-order valence-corrected chi connectivity index (χ0v) is 24.2. The van der Waals surface area contributed by atoms with Gasteiger partial charge < -0.3 is 30.1 Å². The van der Waals surface area contributed by atoms with Gasteiger partial charge in [0, 0.05) is 49.0 Å². The number of benzene rings is 2. The normalized spacial score (nSPS) is 26.5. The van der Waals surface area contributed by atoms with Gasteiger partial charge in [0.1, 0.15) is 11.2 Å². The van der Waals surface area contributed by atoms with E-state index in [1.54, 1.807) is 0 Å². The van der Waals surface area contributed by atoms with Gasteiger partial charge in [0.25, 0.3) is 11.8 Å². The van der Waals surface area contributed by atoms with Crippen molar-refractivity contribution in [3.05, 3.63) is 77.6 Å². The lowest BCUT2D eigenvalue weighted by Crippen LogP contribution is -2.56. The van der Waals surface area contributed by atoms with Crippen LogP contribution in [0.2, 0.25) is 0 Å². The Kier molecular flexibility index (Phi) is 6.38.